The second-order valence-corrected chi connectivity index (χ2v) is 9.15. The summed E-state index contributed by atoms with van der Waals surface area (Å²) in [4.78, 5) is 14.4. The molecular weight excluding hydrogens is 467 g/mol. The lowest BCUT2D eigenvalue weighted by Gasteiger charge is -2.20. The van der Waals surface area contributed by atoms with Crippen LogP contribution in [0.15, 0.2) is 58.2 Å². The van der Waals surface area contributed by atoms with Gasteiger partial charge in [-0.25, -0.2) is 4.39 Å². The summed E-state index contributed by atoms with van der Waals surface area (Å²) in [6, 6.07) is 13.8. The van der Waals surface area contributed by atoms with Crippen molar-refractivity contribution in [3.05, 3.63) is 70.2 Å². The van der Waals surface area contributed by atoms with E-state index in [0.29, 0.717) is 6.42 Å². The number of ketones is 1. The molecule has 1 heterocycles. The molecule has 1 aromatic heterocycles. The number of rotatable bonds is 9. The van der Waals surface area contributed by atoms with Crippen molar-refractivity contribution < 1.29 is 9.18 Å². The van der Waals surface area contributed by atoms with Crippen LogP contribution in [0.1, 0.15) is 42.0 Å². The highest BCUT2D eigenvalue weighted by Crippen LogP contribution is 2.27. The van der Waals surface area contributed by atoms with Gasteiger partial charge in [0.15, 0.2) is 16.8 Å². The topological polar surface area (TPSA) is 51.0 Å². The second-order valence-electron chi connectivity index (χ2n) is 7.17. The highest BCUT2D eigenvalue weighted by atomic mass is 79.9. The zero-order chi connectivity index (χ0) is 21.7. The number of thioether (sulfide) groups is 1. The van der Waals surface area contributed by atoms with Crippen molar-refractivity contribution in [1.29, 1.82) is 0 Å². The minimum absolute atomic E-state index is 0.0379. The fourth-order valence-corrected chi connectivity index (χ4v) is 4.05. The zero-order valence-electron chi connectivity index (χ0n) is 17.2. The Hall–Kier alpha value is -2.03. The van der Waals surface area contributed by atoms with Gasteiger partial charge in [0.1, 0.15) is 5.82 Å². The number of carbonyl (C=O) groups is 1. The molecule has 0 radical (unpaired) electrons. The van der Waals surface area contributed by atoms with E-state index in [1.54, 1.807) is 23.9 Å². The Bertz CT molecular complexity index is 989. The number of benzene rings is 2. The summed E-state index contributed by atoms with van der Waals surface area (Å²) in [7, 11) is 3.96. The third-order valence-corrected chi connectivity index (χ3v) is 6.38. The van der Waals surface area contributed by atoms with E-state index in [-0.39, 0.29) is 17.6 Å². The van der Waals surface area contributed by atoms with Crippen LogP contribution in [-0.2, 0) is 0 Å². The molecule has 0 aliphatic rings. The fourth-order valence-electron chi connectivity index (χ4n) is 2.89. The third kappa shape index (κ3) is 5.56. The van der Waals surface area contributed by atoms with Gasteiger partial charge in [0.25, 0.3) is 0 Å². The molecule has 0 bridgehead atoms. The van der Waals surface area contributed by atoms with Crippen LogP contribution in [0.3, 0.4) is 0 Å². The molecule has 0 saturated carbocycles. The molecule has 5 nitrogen and oxygen atoms in total. The number of carbonyl (C=O) groups excluding carboxylic acids is 1. The maximum Gasteiger partial charge on any atom is 0.195 e. The first-order chi connectivity index (χ1) is 14.4. The van der Waals surface area contributed by atoms with Crippen LogP contribution in [0.2, 0.25) is 0 Å². The Labute approximate surface area is 188 Å². The number of aromatic nitrogens is 3. The average Bonchev–Trinajstić information content (AvgIpc) is 3.15. The van der Waals surface area contributed by atoms with Gasteiger partial charge in [-0.3, -0.25) is 14.3 Å². The highest BCUT2D eigenvalue weighted by Gasteiger charge is 2.21. The third-order valence-electron chi connectivity index (χ3n) is 4.84. The molecule has 0 fully saturated rings. The Morgan fingerprint density at radius 2 is 1.80 bits per heavy atom. The molecule has 0 N–H and O–H groups in total. The number of halogens is 2. The molecule has 158 valence electrons. The quantitative estimate of drug-likeness (QED) is 0.223. The molecular formula is C22H24BrFN4OS. The van der Waals surface area contributed by atoms with E-state index in [1.165, 1.54) is 12.1 Å². The summed E-state index contributed by atoms with van der Waals surface area (Å²) in [5, 5.41) is 9.50. The van der Waals surface area contributed by atoms with Gasteiger partial charge in [0, 0.05) is 27.9 Å². The zero-order valence-corrected chi connectivity index (χ0v) is 19.6. The lowest BCUT2D eigenvalue weighted by atomic mass is 10.1. The van der Waals surface area contributed by atoms with Gasteiger partial charge in [-0.15, -0.1) is 10.2 Å². The highest BCUT2D eigenvalue weighted by molar-refractivity contribution is 9.10. The number of nitrogens with zero attached hydrogens (tertiary/aromatic N) is 4. The van der Waals surface area contributed by atoms with Crippen LogP contribution in [-0.4, -0.2) is 45.3 Å². The molecule has 30 heavy (non-hydrogen) atoms. The van der Waals surface area contributed by atoms with Gasteiger partial charge in [-0.1, -0.05) is 39.8 Å². The van der Waals surface area contributed by atoms with E-state index in [0.717, 1.165) is 38.9 Å². The van der Waals surface area contributed by atoms with Crippen LogP contribution in [0.4, 0.5) is 4.39 Å². The Balaban J connectivity index is 1.70. The first kappa shape index (κ1) is 22.7. The van der Waals surface area contributed by atoms with Crippen molar-refractivity contribution in [2.45, 2.75) is 31.0 Å². The van der Waals surface area contributed by atoms with Crippen LogP contribution in [0.25, 0.3) is 5.69 Å². The summed E-state index contributed by atoms with van der Waals surface area (Å²) in [5.41, 5.74) is 1.54. The molecule has 3 rings (SSSR count). The monoisotopic (exact) mass is 490 g/mol. The predicted octanol–water partition coefficient (Wildman–Crippen LogP) is 5.55. The SMILES string of the molecule is C[C@@H](c1nnc(SCCCC(=O)c2ccc(Br)cc2)n1-c1ccc(F)cc1)N(C)C. The predicted molar refractivity (Wildman–Crippen MR) is 122 cm³/mol. The van der Waals surface area contributed by atoms with Crippen LogP contribution in [0.5, 0.6) is 0 Å². The molecule has 0 saturated heterocycles. The minimum Gasteiger partial charge on any atom is -0.300 e. The van der Waals surface area contributed by atoms with Crippen molar-refractivity contribution in [1.82, 2.24) is 19.7 Å². The molecule has 0 spiro atoms. The minimum atomic E-state index is -0.283. The van der Waals surface area contributed by atoms with Gasteiger partial charge in [-0.05, 0) is 63.8 Å². The van der Waals surface area contributed by atoms with Crippen molar-refractivity contribution in [3.8, 4) is 5.69 Å². The summed E-state index contributed by atoms with van der Waals surface area (Å²) in [6.07, 6.45) is 1.20. The maximum absolute atomic E-state index is 13.4. The molecule has 2 aromatic carbocycles. The Morgan fingerprint density at radius 1 is 1.13 bits per heavy atom. The summed E-state index contributed by atoms with van der Waals surface area (Å²) < 4.78 is 16.3. The number of Topliss-reactive ketones (excluding diaryl/α,β-unsaturated/α-hetero) is 1. The molecule has 0 aliphatic carbocycles. The summed E-state index contributed by atoms with van der Waals surface area (Å²) in [5.74, 6) is 1.37. The van der Waals surface area contributed by atoms with E-state index < -0.39 is 0 Å². The molecule has 0 unspecified atom stereocenters. The van der Waals surface area contributed by atoms with Gasteiger partial charge in [0.2, 0.25) is 0 Å². The second kappa shape index (κ2) is 10.3. The molecule has 3 aromatic rings. The van der Waals surface area contributed by atoms with E-state index >= 15 is 0 Å². The first-order valence-corrected chi connectivity index (χ1v) is 11.4. The molecule has 0 aliphatic heterocycles. The molecule has 1 atom stereocenters. The normalized spacial score (nSPS) is 12.3. The van der Waals surface area contributed by atoms with Gasteiger partial charge >= 0.3 is 0 Å². The van der Waals surface area contributed by atoms with Gasteiger partial charge < -0.3 is 0 Å². The fraction of sp³-hybridized carbons (Fsp3) is 0.318. The first-order valence-electron chi connectivity index (χ1n) is 9.66. The van der Waals surface area contributed by atoms with E-state index in [9.17, 15) is 9.18 Å². The van der Waals surface area contributed by atoms with Crippen LogP contribution >= 0.6 is 27.7 Å². The number of hydrogen-bond donors (Lipinski definition) is 0. The maximum atomic E-state index is 13.4. The van der Waals surface area contributed by atoms with Gasteiger partial charge in [-0.2, -0.15) is 0 Å². The smallest absolute Gasteiger partial charge is 0.195 e. The van der Waals surface area contributed by atoms with Crippen molar-refractivity contribution in [2.75, 3.05) is 19.8 Å². The van der Waals surface area contributed by atoms with Crippen LogP contribution < -0.4 is 0 Å². The summed E-state index contributed by atoms with van der Waals surface area (Å²) >= 11 is 4.93. The van der Waals surface area contributed by atoms with E-state index in [2.05, 4.69) is 38.0 Å². The largest absolute Gasteiger partial charge is 0.300 e. The lowest BCUT2D eigenvalue weighted by molar-refractivity contribution is 0.0982. The van der Waals surface area contributed by atoms with Crippen molar-refractivity contribution in [3.63, 3.8) is 0 Å². The average molecular weight is 491 g/mol. The number of hydrogen-bond acceptors (Lipinski definition) is 5. The van der Waals surface area contributed by atoms with Gasteiger partial charge in [0.05, 0.1) is 6.04 Å². The molecule has 0 amide bonds. The standard InChI is InChI=1S/C22H24BrFN4OS/c1-15(27(2)3)21-25-26-22(28(21)19-12-10-18(24)11-13-19)30-14-4-5-20(29)16-6-8-17(23)9-7-16/h6-13,15H,4-5,14H2,1-3H3/t15-/m0/s1. The Morgan fingerprint density at radius 3 is 2.43 bits per heavy atom. The Kier molecular flexibility index (Phi) is 7.80. The van der Waals surface area contributed by atoms with Crippen molar-refractivity contribution in [2.24, 2.45) is 0 Å². The van der Waals surface area contributed by atoms with E-state index in [4.69, 9.17) is 0 Å². The lowest BCUT2D eigenvalue weighted by Crippen LogP contribution is -2.20. The van der Waals surface area contributed by atoms with Crippen LogP contribution in [0, 0.1) is 5.82 Å². The molecule has 8 heteroatoms. The van der Waals surface area contributed by atoms with E-state index in [1.807, 2.05) is 42.9 Å². The summed E-state index contributed by atoms with van der Waals surface area (Å²) in [6.45, 7) is 2.05. The van der Waals surface area contributed by atoms with Crippen molar-refractivity contribution >= 4 is 33.5 Å².